The molecule has 1 aromatic heterocycles. The zero-order valence-electron chi connectivity index (χ0n) is 12.7. The lowest BCUT2D eigenvalue weighted by molar-refractivity contribution is -0.383. The van der Waals surface area contributed by atoms with E-state index >= 15 is 0 Å². The number of nitrogens with zero attached hydrogens (tertiary/aromatic N) is 3. The van der Waals surface area contributed by atoms with Gasteiger partial charge in [-0.1, -0.05) is 20.3 Å². The van der Waals surface area contributed by atoms with Gasteiger partial charge >= 0.3 is 5.69 Å². The molecular formula is C13H23N5O3. The zero-order valence-corrected chi connectivity index (χ0v) is 12.7. The van der Waals surface area contributed by atoms with Crippen molar-refractivity contribution >= 4 is 17.3 Å². The van der Waals surface area contributed by atoms with Crippen LogP contribution in [0.3, 0.4) is 0 Å². The monoisotopic (exact) mass is 297 g/mol. The van der Waals surface area contributed by atoms with Crippen LogP contribution in [0.2, 0.25) is 0 Å². The molecule has 1 aromatic rings. The molecule has 1 atom stereocenters. The van der Waals surface area contributed by atoms with Crippen LogP contribution in [-0.4, -0.2) is 38.7 Å². The quantitative estimate of drug-likeness (QED) is 0.473. The maximum absolute atomic E-state index is 11.2. The molecule has 8 nitrogen and oxygen atoms in total. The second-order valence-electron chi connectivity index (χ2n) is 5.20. The van der Waals surface area contributed by atoms with Crippen molar-refractivity contribution < 1.29 is 10.0 Å². The van der Waals surface area contributed by atoms with Gasteiger partial charge in [0.2, 0.25) is 11.6 Å². The first kappa shape index (κ1) is 17.1. The Labute approximate surface area is 124 Å². The number of rotatable bonds is 9. The molecule has 0 saturated heterocycles. The molecule has 21 heavy (non-hydrogen) atoms. The fourth-order valence-corrected chi connectivity index (χ4v) is 1.95. The molecular weight excluding hydrogens is 274 g/mol. The second kappa shape index (κ2) is 7.72. The highest BCUT2D eigenvalue weighted by Crippen LogP contribution is 2.29. The minimum absolute atomic E-state index is 0.116. The summed E-state index contributed by atoms with van der Waals surface area (Å²) in [7, 11) is 0. The van der Waals surface area contributed by atoms with Gasteiger partial charge in [0.15, 0.2) is 0 Å². The lowest BCUT2D eigenvalue weighted by Crippen LogP contribution is -2.33. The third-order valence-corrected chi connectivity index (χ3v) is 2.97. The highest BCUT2D eigenvalue weighted by atomic mass is 16.6. The first-order valence-corrected chi connectivity index (χ1v) is 7.10. The standard InChI is InChI=1S/C13H23N5O3/c1-4-6-13(3,19)8-15-12-10(18(20)21)11(14-7-5-2)16-9-17-12/h9,19H,4-8H2,1-3H3,(H2,14,15,16,17). The largest absolute Gasteiger partial charge is 0.388 e. The Morgan fingerprint density at radius 2 is 1.90 bits per heavy atom. The van der Waals surface area contributed by atoms with Gasteiger partial charge in [0.1, 0.15) is 6.33 Å². The number of hydrogen-bond acceptors (Lipinski definition) is 7. The smallest absolute Gasteiger partial charge is 0.353 e. The Morgan fingerprint density at radius 3 is 2.43 bits per heavy atom. The number of hydrogen-bond donors (Lipinski definition) is 3. The van der Waals surface area contributed by atoms with Gasteiger partial charge in [-0.2, -0.15) is 0 Å². The van der Waals surface area contributed by atoms with Crippen molar-refractivity contribution in [1.29, 1.82) is 0 Å². The molecule has 0 aliphatic rings. The summed E-state index contributed by atoms with van der Waals surface area (Å²) in [5.41, 5.74) is -1.14. The molecule has 0 bridgehead atoms. The first-order valence-electron chi connectivity index (χ1n) is 7.10. The number of nitro groups is 1. The molecule has 1 rings (SSSR count). The SMILES string of the molecule is CCCNc1ncnc(NCC(C)(O)CCC)c1[N+](=O)[O-]. The molecule has 0 aliphatic carbocycles. The third-order valence-electron chi connectivity index (χ3n) is 2.97. The predicted octanol–water partition coefficient (Wildman–Crippen LogP) is 2.17. The molecule has 0 aliphatic heterocycles. The van der Waals surface area contributed by atoms with Gasteiger partial charge in [0, 0.05) is 13.1 Å². The van der Waals surface area contributed by atoms with Gasteiger partial charge in [0.25, 0.3) is 0 Å². The molecule has 0 spiro atoms. The fourth-order valence-electron chi connectivity index (χ4n) is 1.95. The molecule has 0 saturated carbocycles. The Hall–Kier alpha value is -1.96. The van der Waals surface area contributed by atoms with Crippen LogP contribution in [0.4, 0.5) is 17.3 Å². The Balaban J connectivity index is 2.93. The van der Waals surface area contributed by atoms with Gasteiger partial charge < -0.3 is 15.7 Å². The molecule has 0 amide bonds. The Morgan fingerprint density at radius 1 is 1.29 bits per heavy atom. The molecule has 0 fully saturated rings. The second-order valence-corrected chi connectivity index (χ2v) is 5.20. The Kier molecular flexibility index (Phi) is 6.29. The maximum Gasteiger partial charge on any atom is 0.353 e. The average Bonchev–Trinajstić information content (AvgIpc) is 2.42. The van der Waals surface area contributed by atoms with Crippen LogP contribution in [-0.2, 0) is 0 Å². The van der Waals surface area contributed by atoms with Gasteiger partial charge in [-0.25, -0.2) is 9.97 Å². The minimum atomic E-state index is -0.940. The van der Waals surface area contributed by atoms with E-state index in [4.69, 9.17) is 0 Å². The van der Waals surface area contributed by atoms with Gasteiger partial charge in [-0.3, -0.25) is 10.1 Å². The average molecular weight is 297 g/mol. The predicted molar refractivity (Wildman–Crippen MR) is 81.5 cm³/mol. The summed E-state index contributed by atoms with van der Waals surface area (Å²) in [5.74, 6) is 0.305. The molecule has 0 radical (unpaired) electrons. The fraction of sp³-hybridized carbons (Fsp3) is 0.692. The van der Waals surface area contributed by atoms with Gasteiger partial charge in [-0.05, 0) is 19.8 Å². The summed E-state index contributed by atoms with van der Waals surface area (Å²) in [6.07, 6.45) is 3.51. The van der Waals surface area contributed by atoms with Crippen LogP contribution in [0.15, 0.2) is 6.33 Å². The number of aliphatic hydroxyl groups is 1. The van der Waals surface area contributed by atoms with Crippen molar-refractivity contribution in [3.05, 3.63) is 16.4 Å². The molecule has 1 unspecified atom stereocenters. The van der Waals surface area contributed by atoms with E-state index in [9.17, 15) is 15.2 Å². The van der Waals surface area contributed by atoms with Crippen LogP contribution >= 0.6 is 0 Å². The molecule has 1 heterocycles. The minimum Gasteiger partial charge on any atom is -0.388 e. The molecule has 118 valence electrons. The van der Waals surface area contributed by atoms with E-state index in [0.717, 1.165) is 12.8 Å². The van der Waals surface area contributed by atoms with Crippen LogP contribution < -0.4 is 10.6 Å². The van der Waals surface area contributed by atoms with E-state index in [1.54, 1.807) is 6.92 Å². The summed E-state index contributed by atoms with van der Waals surface area (Å²) in [4.78, 5) is 18.5. The van der Waals surface area contributed by atoms with E-state index in [-0.39, 0.29) is 23.9 Å². The highest BCUT2D eigenvalue weighted by Gasteiger charge is 2.25. The zero-order chi connectivity index (χ0) is 15.9. The molecule has 0 aromatic carbocycles. The maximum atomic E-state index is 11.2. The highest BCUT2D eigenvalue weighted by molar-refractivity contribution is 5.69. The van der Waals surface area contributed by atoms with Gasteiger partial charge in [-0.15, -0.1) is 0 Å². The van der Waals surface area contributed by atoms with Crippen LogP contribution in [0.1, 0.15) is 40.0 Å². The van der Waals surface area contributed by atoms with Crippen LogP contribution in [0.25, 0.3) is 0 Å². The van der Waals surface area contributed by atoms with E-state index in [0.29, 0.717) is 13.0 Å². The lowest BCUT2D eigenvalue weighted by Gasteiger charge is -2.23. The van der Waals surface area contributed by atoms with Crippen molar-refractivity contribution in [3.8, 4) is 0 Å². The normalized spacial score (nSPS) is 13.5. The Bertz CT molecular complexity index is 479. The van der Waals surface area contributed by atoms with Crippen molar-refractivity contribution in [2.45, 2.75) is 45.6 Å². The van der Waals surface area contributed by atoms with Crippen molar-refractivity contribution in [1.82, 2.24) is 9.97 Å². The lowest BCUT2D eigenvalue weighted by atomic mass is 10.0. The van der Waals surface area contributed by atoms with Crippen LogP contribution in [0, 0.1) is 10.1 Å². The van der Waals surface area contributed by atoms with Crippen molar-refractivity contribution in [3.63, 3.8) is 0 Å². The summed E-state index contributed by atoms with van der Waals surface area (Å²) in [5, 5.41) is 27.1. The topological polar surface area (TPSA) is 113 Å². The van der Waals surface area contributed by atoms with E-state index in [2.05, 4.69) is 20.6 Å². The van der Waals surface area contributed by atoms with E-state index in [1.165, 1.54) is 6.33 Å². The molecule has 3 N–H and O–H groups in total. The van der Waals surface area contributed by atoms with Crippen molar-refractivity contribution in [2.24, 2.45) is 0 Å². The first-order chi connectivity index (χ1) is 9.91. The van der Waals surface area contributed by atoms with Gasteiger partial charge in [0.05, 0.1) is 10.5 Å². The van der Waals surface area contributed by atoms with Crippen LogP contribution in [0.5, 0.6) is 0 Å². The molecule has 8 heteroatoms. The van der Waals surface area contributed by atoms with E-state index < -0.39 is 10.5 Å². The third kappa shape index (κ3) is 5.14. The summed E-state index contributed by atoms with van der Waals surface area (Å²) in [6.45, 7) is 6.39. The summed E-state index contributed by atoms with van der Waals surface area (Å²) < 4.78 is 0. The summed E-state index contributed by atoms with van der Waals surface area (Å²) >= 11 is 0. The number of aromatic nitrogens is 2. The number of nitrogens with one attached hydrogen (secondary N) is 2. The number of anilines is 2. The van der Waals surface area contributed by atoms with E-state index in [1.807, 2.05) is 13.8 Å². The van der Waals surface area contributed by atoms with Crippen molar-refractivity contribution in [2.75, 3.05) is 23.7 Å². The summed E-state index contributed by atoms with van der Waals surface area (Å²) in [6, 6.07) is 0.